The van der Waals surface area contributed by atoms with Gasteiger partial charge >= 0.3 is 18.2 Å². The molecule has 0 saturated carbocycles. The molecule has 0 aliphatic carbocycles. The first kappa shape index (κ1) is 61.9. The summed E-state index contributed by atoms with van der Waals surface area (Å²) in [7, 11) is 1.53. The van der Waals surface area contributed by atoms with Gasteiger partial charge in [0, 0.05) is 52.0 Å². The van der Waals surface area contributed by atoms with Crippen LogP contribution < -0.4 is 26.0 Å². The van der Waals surface area contributed by atoms with Gasteiger partial charge in [-0.3, -0.25) is 24.0 Å². The molecule has 3 aromatic carbocycles. The van der Waals surface area contributed by atoms with Crippen LogP contribution in [-0.2, 0) is 72.5 Å². The van der Waals surface area contributed by atoms with Crippen molar-refractivity contribution < 1.29 is 52.5 Å². The van der Waals surface area contributed by atoms with Gasteiger partial charge in [-0.05, 0) is 94.7 Å². The van der Waals surface area contributed by atoms with Crippen LogP contribution in [0.25, 0.3) is 0 Å². The van der Waals surface area contributed by atoms with E-state index in [9.17, 15) is 33.6 Å². The molecule has 0 aliphatic heterocycles. The Morgan fingerprint density at radius 3 is 2.16 bits per heavy atom. The Bertz CT molecular complexity index is 2500. The first-order valence-corrected chi connectivity index (χ1v) is 26.3. The number of hydrogen-bond acceptors (Lipinski definition) is 13. The Labute approximate surface area is 453 Å². The number of imide groups is 1. The first-order chi connectivity index (χ1) is 36.9. The molecule has 0 radical (unpaired) electrons. The van der Waals surface area contributed by atoms with Gasteiger partial charge < -0.3 is 49.9 Å². The number of alkyl carbamates (subject to hydrolysis) is 2. The maximum atomic E-state index is 14.8. The van der Waals surface area contributed by atoms with E-state index in [1.165, 1.54) is 18.7 Å². The summed E-state index contributed by atoms with van der Waals surface area (Å²) < 4.78 is 23.8. The number of Topliss-reactive ketones (excluding diaryl/α,β-unsaturated/α-hetero) is 1. The number of ketones is 1. The van der Waals surface area contributed by atoms with E-state index in [-0.39, 0.29) is 70.3 Å². The van der Waals surface area contributed by atoms with E-state index in [4.69, 9.17) is 18.9 Å². The topological polar surface area (TPSA) is 242 Å². The highest BCUT2D eigenvalue weighted by molar-refractivity contribution is 5.99. The normalized spacial score (nSPS) is 12.2. The van der Waals surface area contributed by atoms with Crippen molar-refractivity contribution in [2.45, 2.75) is 149 Å². The lowest BCUT2D eigenvalue weighted by Gasteiger charge is -2.30. The molecule has 4 N–H and O–H groups in total. The Morgan fingerprint density at radius 1 is 0.792 bits per heavy atom. The van der Waals surface area contributed by atoms with Crippen molar-refractivity contribution >= 4 is 41.7 Å². The fourth-order valence-electron chi connectivity index (χ4n) is 7.78. The summed E-state index contributed by atoms with van der Waals surface area (Å²) in [4.78, 5) is 96.5. The number of aromatic nitrogens is 3. The first-order valence-electron chi connectivity index (χ1n) is 26.3. The Balaban J connectivity index is 1.48. The number of ether oxygens (including phenoxy) is 4. The van der Waals surface area contributed by atoms with Crippen molar-refractivity contribution in [1.82, 2.24) is 46.1 Å². The molecule has 0 spiro atoms. The van der Waals surface area contributed by atoms with Gasteiger partial charge in [-0.2, -0.15) is 0 Å². The fraction of sp³-hybridized carbons (Fsp3) is 0.491. The number of allylic oxidation sites excluding steroid dienone is 1. The number of urea groups is 1. The quantitative estimate of drug-likeness (QED) is 0.0276. The zero-order valence-electron chi connectivity index (χ0n) is 45.8. The number of methoxy groups -OCH3 is 1. The Hall–Kier alpha value is -7.61. The predicted molar refractivity (Wildman–Crippen MR) is 290 cm³/mol. The van der Waals surface area contributed by atoms with E-state index in [0.29, 0.717) is 42.9 Å². The summed E-state index contributed by atoms with van der Waals surface area (Å²) in [5.41, 5.74) is 2.82. The molecule has 0 aliphatic rings. The number of hydrogen-bond donors (Lipinski definition) is 4. The van der Waals surface area contributed by atoms with Crippen LogP contribution in [0.4, 0.5) is 14.4 Å². The summed E-state index contributed by atoms with van der Waals surface area (Å²) in [5, 5.41) is 19.3. The molecule has 20 heteroatoms. The molecule has 4 aromatic rings. The number of rotatable bonds is 32. The lowest BCUT2D eigenvalue weighted by atomic mass is 10.0. The number of carbonyl (C=O) groups excluding carboxylic acids is 7. The van der Waals surface area contributed by atoms with Crippen molar-refractivity contribution in [1.29, 1.82) is 0 Å². The molecule has 3 atom stereocenters. The van der Waals surface area contributed by atoms with Gasteiger partial charge in [0.2, 0.25) is 11.8 Å². The van der Waals surface area contributed by atoms with E-state index >= 15 is 0 Å². The summed E-state index contributed by atoms with van der Waals surface area (Å²) in [5.74, 6) is -0.981. The van der Waals surface area contributed by atoms with Gasteiger partial charge in [0.25, 0.3) is 5.91 Å². The second-order valence-corrected chi connectivity index (χ2v) is 19.7. The molecule has 0 fully saturated rings. The average molecular weight is 1070 g/mol. The smallest absolute Gasteiger partial charge is 0.408 e. The number of carbonyl (C=O) groups is 7. The largest absolute Gasteiger partial charge is 0.497 e. The highest BCUT2D eigenvalue weighted by atomic mass is 16.6. The number of nitrogens with zero attached hydrogens (tertiary/aromatic N) is 5. The van der Waals surface area contributed by atoms with Gasteiger partial charge in [0.15, 0.2) is 0 Å². The number of amides is 7. The van der Waals surface area contributed by atoms with Gasteiger partial charge in [-0.25, -0.2) is 14.4 Å². The molecule has 0 saturated heterocycles. The molecule has 0 bridgehead atoms. The minimum Gasteiger partial charge on any atom is -0.497 e. The monoisotopic (exact) mass is 1070 g/mol. The van der Waals surface area contributed by atoms with Crippen molar-refractivity contribution in [2.24, 2.45) is 0 Å². The molecular weight excluding hydrogens is 987 g/mol. The van der Waals surface area contributed by atoms with Crippen LogP contribution in [0.2, 0.25) is 0 Å². The third-order valence-electron chi connectivity index (χ3n) is 12.0. The standard InChI is InChI=1S/C57H79N9O11/c1-9-11-16-33-64(50(68)29-20-41(3)67)37-45-23-21-43(22-24-45)30-31-58-54(71)66(34-17-12-10-2)53(70)49(36-44-25-27-48(74-8)28-26-44)60-52(69)51(61-56(73)77-57(5,6)7)42(4)75-40-47-38-65(63-62-47)35-32-59-55(72)76-39-46-18-14-13-15-19-46/h9,13-15,18-19,21-28,38,42,49,51H,1,10-12,16-17,20,29-37,39-40H2,2-8H3,(H,58,71)(H,59,72)(H,60,69)(H,61,73)/t42-,49+,51+/m1/s1. The van der Waals surface area contributed by atoms with Gasteiger partial charge in [0.1, 0.15) is 41.5 Å². The number of nitrogens with one attached hydrogen (secondary N) is 4. The molecular formula is C57H79N9O11. The minimum absolute atomic E-state index is 0.0242. The van der Waals surface area contributed by atoms with Crippen LogP contribution in [0.5, 0.6) is 5.75 Å². The maximum absolute atomic E-state index is 14.8. The van der Waals surface area contributed by atoms with Gasteiger partial charge in [0.05, 0.1) is 32.6 Å². The van der Waals surface area contributed by atoms with Crippen LogP contribution in [0.15, 0.2) is 97.7 Å². The van der Waals surface area contributed by atoms with Crippen LogP contribution in [0.1, 0.15) is 114 Å². The highest BCUT2D eigenvalue weighted by Gasteiger charge is 2.36. The number of unbranched alkanes of at least 4 members (excludes halogenated alkanes) is 3. The second-order valence-electron chi connectivity index (χ2n) is 19.7. The Morgan fingerprint density at radius 2 is 1.49 bits per heavy atom. The summed E-state index contributed by atoms with van der Waals surface area (Å²) in [6.45, 7) is 15.5. The molecule has 1 aromatic heterocycles. The zero-order valence-corrected chi connectivity index (χ0v) is 45.8. The van der Waals surface area contributed by atoms with Crippen molar-refractivity contribution in [3.63, 3.8) is 0 Å². The van der Waals surface area contributed by atoms with E-state index in [1.807, 2.05) is 67.6 Å². The second kappa shape index (κ2) is 32.7. The predicted octanol–water partition coefficient (Wildman–Crippen LogP) is 7.37. The van der Waals surface area contributed by atoms with Crippen LogP contribution >= 0.6 is 0 Å². The maximum Gasteiger partial charge on any atom is 0.408 e. The average Bonchev–Trinajstić information content (AvgIpc) is 3.86. The van der Waals surface area contributed by atoms with E-state index < -0.39 is 53.8 Å². The molecule has 0 unspecified atom stereocenters. The van der Waals surface area contributed by atoms with Gasteiger partial charge in [-0.1, -0.05) is 97.8 Å². The minimum atomic E-state index is -1.40. The molecule has 4 rings (SSSR count). The number of benzene rings is 3. The fourth-order valence-corrected chi connectivity index (χ4v) is 7.78. The van der Waals surface area contributed by atoms with Crippen LogP contribution in [0.3, 0.4) is 0 Å². The Kier molecular flexibility index (Phi) is 26.3. The van der Waals surface area contributed by atoms with E-state index in [1.54, 1.807) is 63.1 Å². The SMILES string of the molecule is C=CCCCN(Cc1ccc(CCNC(=O)N(CCCCC)C(=O)[C@H](Cc2ccc(OC)cc2)NC(=O)[C@@H](NC(=O)OC(C)(C)C)[C@@H](C)OCc2cn(CCNC(=O)OCc3ccccc3)nn2)cc1)C(=O)CCC(C)=O. The summed E-state index contributed by atoms with van der Waals surface area (Å²) in [6.07, 6.45) is 5.26. The van der Waals surface area contributed by atoms with Crippen molar-refractivity contribution in [3.05, 3.63) is 126 Å². The molecule has 77 heavy (non-hydrogen) atoms. The van der Waals surface area contributed by atoms with Gasteiger partial charge in [-0.15, -0.1) is 11.7 Å². The molecule has 7 amide bonds. The van der Waals surface area contributed by atoms with Crippen LogP contribution in [-0.4, -0.2) is 124 Å². The molecule has 1 heterocycles. The lowest BCUT2D eigenvalue weighted by molar-refractivity contribution is -0.136. The third kappa shape index (κ3) is 23.4. The highest BCUT2D eigenvalue weighted by Crippen LogP contribution is 2.17. The van der Waals surface area contributed by atoms with E-state index in [2.05, 4.69) is 38.2 Å². The molecule has 20 nitrogen and oxygen atoms in total. The zero-order chi connectivity index (χ0) is 56.2. The lowest BCUT2D eigenvalue weighted by Crippen LogP contribution is -2.60. The van der Waals surface area contributed by atoms with Crippen molar-refractivity contribution in [2.75, 3.05) is 33.3 Å². The van der Waals surface area contributed by atoms with Crippen LogP contribution in [0, 0.1) is 0 Å². The summed E-state index contributed by atoms with van der Waals surface area (Å²) >= 11 is 0. The third-order valence-corrected chi connectivity index (χ3v) is 12.0. The van der Waals surface area contributed by atoms with E-state index in [0.717, 1.165) is 47.3 Å². The molecule has 418 valence electrons. The summed E-state index contributed by atoms with van der Waals surface area (Å²) in [6, 6.07) is 20.7. The van der Waals surface area contributed by atoms with Crippen molar-refractivity contribution in [3.8, 4) is 5.75 Å².